The molecule has 220 valence electrons. The molecule has 4 aromatic rings. The van der Waals surface area contributed by atoms with E-state index in [0.717, 1.165) is 6.54 Å². The van der Waals surface area contributed by atoms with Crippen LogP contribution in [0.2, 0.25) is 0 Å². The Labute approximate surface area is 239 Å². The molecule has 0 aromatic carbocycles. The van der Waals surface area contributed by atoms with Gasteiger partial charge in [-0.05, 0) is 45.3 Å². The van der Waals surface area contributed by atoms with Crippen molar-refractivity contribution in [3.05, 3.63) is 65.9 Å². The Balaban J connectivity index is 1.27. The lowest BCUT2D eigenvalue weighted by molar-refractivity contribution is -0.116. The van der Waals surface area contributed by atoms with Gasteiger partial charge >= 0.3 is 5.97 Å². The minimum absolute atomic E-state index is 0.0858. The molecule has 42 heavy (non-hydrogen) atoms. The van der Waals surface area contributed by atoms with Gasteiger partial charge in [0.05, 0.1) is 30.4 Å². The zero-order chi connectivity index (χ0) is 30.2. The van der Waals surface area contributed by atoms with Crippen molar-refractivity contribution < 1.29 is 28.7 Å². The summed E-state index contributed by atoms with van der Waals surface area (Å²) in [6.07, 6.45) is 6.70. The number of aromatic amines is 4. The standard InChI is InChI=1S/C26H30N10O6/c1-36(2)6-4-5-21(37)31-14-7-18(27-10-14)24(39)35-20-13-30-22(34-20)25(40)33-15-8-17(28-11-15)23(38)32-16-9-19(29-12-16)26(41)42-3/h7-13,27-29H,4-6H2,1-3H3,(H,30,34)(H,31,37)(H,32,38)(H,33,40)(H,35,39). The number of hydrogen-bond acceptors (Lipinski definition) is 8. The van der Waals surface area contributed by atoms with Crippen LogP contribution < -0.4 is 21.3 Å². The molecule has 0 spiro atoms. The molecule has 8 N–H and O–H groups in total. The van der Waals surface area contributed by atoms with Crippen LogP contribution in [0.4, 0.5) is 22.9 Å². The van der Waals surface area contributed by atoms with Crippen LogP contribution in [-0.2, 0) is 9.53 Å². The van der Waals surface area contributed by atoms with Crippen molar-refractivity contribution in [2.24, 2.45) is 0 Å². The number of nitrogens with one attached hydrogen (secondary N) is 8. The summed E-state index contributed by atoms with van der Waals surface area (Å²) in [6.45, 7) is 0.790. The summed E-state index contributed by atoms with van der Waals surface area (Å²) in [6, 6.07) is 4.33. The molecule has 0 saturated carbocycles. The number of H-pyrrole nitrogens is 4. The minimum atomic E-state index is -0.617. The van der Waals surface area contributed by atoms with Gasteiger partial charge in [0.2, 0.25) is 5.91 Å². The van der Waals surface area contributed by atoms with Crippen LogP contribution in [0.3, 0.4) is 0 Å². The van der Waals surface area contributed by atoms with Crippen molar-refractivity contribution in [3.63, 3.8) is 0 Å². The van der Waals surface area contributed by atoms with E-state index >= 15 is 0 Å². The fourth-order valence-corrected chi connectivity index (χ4v) is 3.75. The average molecular weight is 579 g/mol. The highest BCUT2D eigenvalue weighted by Crippen LogP contribution is 2.16. The Morgan fingerprint density at radius 1 is 0.786 bits per heavy atom. The fraction of sp³-hybridized carbons (Fsp3) is 0.231. The van der Waals surface area contributed by atoms with E-state index in [4.69, 9.17) is 0 Å². The van der Waals surface area contributed by atoms with E-state index in [1.54, 1.807) is 0 Å². The molecule has 0 fully saturated rings. The molecule has 0 radical (unpaired) electrons. The zero-order valence-electron chi connectivity index (χ0n) is 23.0. The molecule has 0 aliphatic heterocycles. The first-order valence-electron chi connectivity index (χ1n) is 12.7. The van der Waals surface area contributed by atoms with Crippen molar-refractivity contribution in [2.75, 3.05) is 49.0 Å². The zero-order valence-corrected chi connectivity index (χ0v) is 23.0. The van der Waals surface area contributed by atoms with Crippen LogP contribution in [0.1, 0.15) is 54.9 Å². The summed E-state index contributed by atoms with van der Waals surface area (Å²) in [5.74, 6) is -2.29. The van der Waals surface area contributed by atoms with Crippen molar-refractivity contribution in [1.29, 1.82) is 0 Å². The number of nitrogens with zero attached hydrogens (tertiary/aromatic N) is 2. The molecule has 0 bridgehead atoms. The van der Waals surface area contributed by atoms with Crippen molar-refractivity contribution in [3.8, 4) is 0 Å². The second kappa shape index (κ2) is 13.1. The number of esters is 1. The summed E-state index contributed by atoms with van der Waals surface area (Å²) < 4.78 is 4.61. The minimum Gasteiger partial charge on any atom is -0.464 e. The third-order valence-corrected chi connectivity index (χ3v) is 5.79. The fourth-order valence-electron chi connectivity index (χ4n) is 3.75. The number of carbonyl (C=O) groups excluding carboxylic acids is 5. The van der Waals surface area contributed by atoms with Crippen molar-refractivity contribution in [2.45, 2.75) is 12.8 Å². The quantitative estimate of drug-likeness (QED) is 0.116. The van der Waals surface area contributed by atoms with E-state index < -0.39 is 23.7 Å². The molecule has 0 atom stereocenters. The number of ether oxygens (including phenoxy) is 1. The molecule has 16 nitrogen and oxygen atoms in total. The van der Waals surface area contributed by atoms with Gasteiger partial charge in [0.1, 0.15) is 22.9 Å². The number of aromatic nitrogens is 5. The summed E-state index contributed by atoms with van der Waals surface area (Å²) in [4.78, 5) is 78.3. The molecular weight excluding hydrogens is 548 g/mol. The van der Waals surface area contributed by atoms with Gasteiger partial charge in [-0.1, -0.05) is 0 Å². The number of carbonyl (C=O) groups is 5. The van der Waals surface area contributed by atoms with E-state index in [0.29, 0.717) is 29.9 Å². The number of hydrogen-bond donors (Lipinski definition) is 8. The van der Waals surface area contributed by atoms with E-state index in [1.165, 1.54) is 50.1 Å². The van der Waals surface area contributed by atoms with Gasteiger partial charge in [0.15, 0.2) is 5.82 Å². The first-order chi connectivity index (χ1) is 20.1. The van der Waals surface area contributed by atoms with Gasteiger partial charge in [-0.15, -0.1) is 0 Å². The summed E-state index contributed by atoms with van der Waals surface area (Å²) in [5, 5.41) is 10.5. The second-order valence-corrected chi connectivity index (χ2v) is 9.36. The Hall–Kier alpha value is -5.64. The van der Waals surface area contributed by atoms with Gasteiger partial charge < -0.3 is 50.8 Å². The number of rotatable bonds is 12. The highest BCUT2D eigenvalue weighted by Gasteiger charge is 2.17. The predicted molar refractivity (Wildman–Crippen MR) is 153 cm³/mol. The lowest BCUT2D eigenvalue weighted by Crippen LogP contribution is -2.17. The lowest BCUT2D eigenvalue weighted by atomic mass is 10.3. The summed E-state index contributed by atoms with van der Waals surface area (Å²) in [7, 11) is 5.11. The van der Waals surface area contributed by atoms with Gasteiger partial charge in [0, 0.05) is 25.0 Å². The molecule has 0 aliphatic rings. The largest absolute Gasteiger partial charge is 0.464 e. The van der Waals surface area contributed by atoms with E-state index in [1.807, 2.05) is 19.0 Å². The van der Waals surface area contributed by atoms with Crippen LogP contribution >= 0.6 is 0 Å². The van der Waals surface area contributed by atoms with Gasteiger partial charge in [-0.2, -0.15) is 0 Å². The Bertz CT molecular complexity index is 1590. The first-order valence-corrected chi connectivity index (χ1v) is 12.7. The van der Waals surface area contributed by atoms with E-state index in [2.05, 4.69) is 50.9 Å². The summed E-state index contributed by atoms with van der Waals surface area (Å²) >= 11 is 0. The maximum Gasteiger partial charge on any atom is 0.354 e. The van der Waals surface area contributed by atoms with Crippen LogP contribution in [0.25, 0.3) is 0 Å². The Morgan fingerprint density at radius 3 is 1.95 bits per heavy atom. The Kier molecular flexibility index (Phi) is 9.18. The van der Waals surface area contributed by atoms with Crippen LogP contribution in [0, 0.1) is 0 Å². The van der Waals surface area contributed by atoms with Crippen LogP contribution in [0.5, 0.6) is 0 Å². The highest BCUT2D eigenvalue weighted by atomic mass is 16.5. The van der Waals surface area contributed by atoms with Gasteiger partial charge in [-0.25, -0.2) is 9.78 Å². The third kappa shape index (κ3) is 7.72. The number of methoxy groups -OCH3 is 1. The molecule has 0 unspecified atom stereocenters. The second-order valence-electron chi connectivity index (χ2n) is 9.36. The van der Waals surface area contributed by atoms with Crippen LogP contribution in [-0.4, -0.2) is 87.2 Å². The van der Waals surface area contributed by atoms with Crippen molar-refractivity contribution in [1.82, 2.24) is 29.8 Å². The van der Waals surface area contributed by atoms with Gasteiger partial charge in [-0.3, -0.25) is 19.2 Å². The predicted octanol–water partition coefficient (Wildman–Crippen LogP) is 2.22. The van der Waals surface area contributed by atoms with Crippen molar-refractivity contribution >= 4 is 52.5 Å². The van der Waals surface area contributed by atoms with Gasteiger partial charge in [0.25, 0.3) is 17.7 Å². The monoisotopic (exact) mass is 578 g/mol. The van der Waals surface area contributed by atoms with Crippen LogP contribution in [0.15, 0.2) is 43.0 Å². The molecule has 0 saturated heterocycles. The molecular formula is C26H30N10O6. The number of imidazole rings is 1. The molecule has 16 heteroatoms. The average Bonchev–Trinajstić information content (AvgIpc) is 3.75. The molecule has 4 heterocycles. The topological polar surface area (TPSA) is 222 Å². The smallest absolute Gasteiger partial charge is 0.354 e. The number of amides is 4. The first kappa shape index (κ1) is 29.3. The summed E-state index contributed by atoms with van der Waals surface area (Å²) in [5.41, 5.74) is 1.61. The van der Waals surface area contributed by atoms with E-state index in [-0.39, 0.29) is 34.6 Å². The lowest BCUT2D eigenvalue weighted by Gasteiger charge is -2.08. The molecule has 4 rings (SSSR count). The SMILES string of the molecule is COC(=O)c1cc(NC(=O)c2cc(NC(=O)c3ncc(NC(=O)c4cc(NC(=O)CCCN(C)C)c[nH]4)[nH]3)c[nH]2)c[nH]1. The number of anilines is 4. The Morgan fingerprint density at radius 2 is 1.33 bits per heavy atom. The third-order valence-electron chi connectivity index (χ3n) is 5.79. The molecule has 4 amide bonds. The normalized spacial score (nSPS) is 10.8. The maximum atomic E-state index is 12.6. The molecule has 4 aromatic heterocycles. The maximum absolute atomic E-state index is 12.6. The highest BCUT2D eigenvalue weighted by molar-refractivity contribution is 6.07. The van der Waals surface area contributed by atoms with E-state index in [9.17, 15) is 24.0 Å². The molecule has 0 aliphatic carbocycles.